The third kappa shape index (κ3) is 3.57. The molecule has 0 radical (unpaired) electrons. The van der Waals surface area contributed by atoms with Crippen molar-refractivity contribution in [1.82, 2.24) is 9.94 Å². The Bertz CT molecular complexity index is 1000. The van der Waals surface area contributed by atoms with E-state index in [9.17, 15) is 4.57 Å². The first-order valence-electron chi connectivity index (χ1n) is 8.70. The molecule has 0 saturated carbocycles. The first-order chi connectivity index (χ1) is 13.3. The lowest BCUT2D eigenvalue weighted by molar-refractivity contribution is 0.0702. The third-order valence-electron chi connectivity index (χ3n) is 4.36. The molecule has 0 aliphatic heterocycles. The average Bonchev–Trinajstić information content (AvgIpc) is 3.23. The minimum atomic E-state index is -3.01. The van der Waals surface area contributed by atoms with E-state index in [2.05, 4.69) is 5.10 Å². The fourth-order valence-electron chi connectivity index (χ4n) is 2.97. The molecule has 0 atom stereocenters. The van der Waals surface area contributed by atoms with Crippen molar-refractivity contribution in [2.24, 2.45) is 0 Å². The van der Waals surface area contributed by atoms with E-state index in [1.807, 2.05) is 91.0 Å². The number of rotatable bonds is 6. The van der Waals surface area contributed by atoms with Gasteiger partial charge in [-0.2, -0.15) is 0 Å². The van der Waals surface area contributed by atoms with E-state index in [-0.39, 0.29) is 0 Å². The van der Waals surface area contributed by atoms with Gasteiger partial charge >= 0.3 is 0 Å². The maximum atomic E-state index is 14.2. The first kappa shape index (κ1) is 17.3. The molecule has 3 aromatic carbocycles. The number of hydrogen-bond donors (Lipinski definition) is 0. The summed E-state index contributed by atoms with van der Waals surface area (Å²) in [7, 11) is -3.01. The van der Waals surface area contributed by atoms with Gasteiger partial charge < -0.3 is 9.40 Å². The van der Waals surface area contributed by atoms with Crippen LogP contribution in [0.4, 0.5) is 0 Å². The van der Waals surface area contributed by atoms with Crippen LogP contribution in [-0.2, 0) is 11.2 Å². The fourth-order valence-corrected chi connectivity index (χ4v) is 5.52. The SMILES string of the molecule is O=P(c1ccccc1)(c1ccccc1)c1cnn(OCc2ccccc2)c1. The highest BCUT2D eigenvalue weighted by Gasteiger charge is 2.31. The zero-order valence-electron chi connectivity index (χ0n) is 14.7. The van der Waals surface area contributed by atoms with Crippen molar-refractivity contribution in [3.05, 3.63) is 109 Å². The van der Waals surface area contributed by atoms with Crippen LogP contribution in [0.15, 0.2) is 103 Å². The van der Waals surface area contributed by atoms with E-state index >= 15 is 0 Å². The fraction of sp³-hybridized carbons (Fsp3) is 0.0455. The Morgan fingerprint density at radius 1 is 0.741 bits per heavy atom. The summed E-state index contributed by atoms with van der Waals surface area (Å²) in [5.41, 5.74) is 1.05. The molecule has 0 unspecified atom stereocenters. The molecular weight excluding hydrogens is 355 g/mol. The molecule has 0 bridgehead atoms. The number of aromatic nitrogens is 2. The van der Waals surface area contributed by atoms with Crippen molar-refractivity contribution in [3.63, 3.8) is 0 Å². The standard InChI is InChI=1S/C22H19N2O2P/c25-27(20-12-6-2-7-13-20,21-14-8-3-9-15-21)22-16-23-24(17-22)26-18-19-10-4-1-5-11-19/h1-17H,18H2. The van der Waals surface area contributed by atoms with E-state index in [1.165, 1.54) is 4.85 Å². The minimum Gasteiger partial charge on any atom is -0.392 e. The number of nitrogens with zero attached hydrogens (tertiary/aromatic N) is 2. The molecule has 0 spiro atoms. The minimum absolute atomic E-state index is 0.392. The summed E-state index contributed by atoms with van der Waals surface area (Å²) in [6.07, 6.45) is 3.34. The van der Waals surface area contributed by atoms with Gasteiger partial charge in [0.1, 0.15) is 6.61 Å². The van der Waals surface area contributed by atoms with Gasteiger partial charge in [0, 0.05) is 10.6 Å². The molecule has 0 N–H and O–H groups in total. The second-order valence-electron chi connectivity index (χ2n) is 6.14. The Hall–Kier alpha value is -3.10. The Kier molecular flexibility index (Phi) is 4.91. The maximum absolute atomic E-state index is 14.2. The lowest BCUT2D eigenvalue weighted by atomic mass is 10.2. The highest BCUT2D eigenvalue weighted by molar-refractivity contribution is 7.85. The zero-order chi connectivity index (χ0) is 18.5. The predicted molar refractivity (Wildman–Crippen MR) is 108 cm³/mol. The Labute approximate surface area is 158 Å². The van der Waals surface area contributed by atoms with Gasteiger partial charge in [0.05, 0.1) is 17.7 Å². The van der Waals surface area contributed by atoms with Gasteiger partial charge in [-0.25, -0.2) is 0 Å². The highest BCUT2D eigenvalue weighted by Crippen LogP contribution is 2.41. The van der Waals surface area contributed by atoms with Gasteiger partial charge in [-0.3, -0.25) is 0 Å². The Morgan fingerprint density at radius 2 is 1.26 bits per heavy atom. The van der Waals surface area contributed by atoms with Crippen LogP contribution in [0.1, 0.15) is 5.56 Å². The van der Waals surface area contributed by atoms with Crippen molar-refractivity contribution in [1.29, 1.82) is 0 Å². The number of benzene rings is 3. The molecule has 0 amide bonds. The van der Waals surface area contributed by atoms with E-state index in [0.717, 1.165) is 16.2 Å². The van der Waals surface area contributed by atoms with Gasteiger partial charge in [-0.05, 0) is 5.56 Å². The first-order valence-corrected chi connectivity index (χ1v) is 10.4. The summed E-state index contributed by atoms with van der Waals surface area (Å²) in [6, 6.07) is 28.9. The van der Waals surface area contributed by atoms with Crippen LogP contribution >= 0.6 is 7.14 Å². The number of hydrogen-bond acceptors (Lipinski definition) is 3. The summed E-state index contributed by atoms with van der Waals surface area (Å²) < 4.78 is 14.2. The van der Waals surface area contributed by atoms with Crippen LogP contribution in [0.5, 0.6) is 0 Å². The molecule has 27 heavy (non-hydrogen) atoms. The van der Waals surface area contributed by atoms with Crippen LogP contribution in [-0.4, -0.2) is 9.94 Å². The molecule has 0 aliphatic rings. The quantitative estimate of drug-likeness (QED) is 0.487. The molecule has 0 saturated heterocycles. The van der Waals surface area contributed by atoms with Crippen molar-refractivity contribution in [2.75, 3.05) is 0 Å². The molecular formula is C22H19N2O2P. The summed E-state index contributed by atoms with van der Waals surface area (Å²) in [6.45, 7) is 0.392. The highest BCUT2D eigenvalue weighted by atomic mass is 31.2. The molecule has 4 nitrogen and oxygen atoms in total. The van der Waals surface area contributed by atoms with Crippen LogP contribution in [0.25, 0.3) is 0 Å². The maximum Gasteiger partial charge on any atom is 0.174 e. The molecule has 0 fully saturated rings. The lowest BCUT2D eigenvalue weighted by Crippen LogP contribution is -2.24. The van der Waals surface area contributed by atoms with Crippen LogP contribution < -0.4 is 20.8 Å². The molecule has 0 aliphatic carbocycles. The van der Waals surface area contributed by atoms with E-state index < -0.39 is 7.14 Å². The van der Waals surface area contributed by atoms with Gasteiger partial charge in [-0.1, -0.05) is 91.0 Å². The molecule has 4 rings (SSSR count). The van der Waals surface area contributed by atoms with E-state index in [4.69, 9.17) is 4.84 Å². The second kappa shape index (κ2) is 7.65. The van der Waals surface area contributed by atoms with Gasteiger partial charge in [0.2, 0.25) is 0 Å². The monoisotopic (exact) mass is 374 g/mol. The van der Waals surface area contributed by atoms with Gasteiger partial charge in [-0.15, -0.1) is 9.94 Å². The van der Waals surface area contributed by atoms with Crippen molar-refractivity contribution < 1.29 is 9.40 Å². The summed E-state index contributed by atoms with van der Waals surface area (Å²) in [4.78, 5) is 7.11. The topological polar surface area (TPSA) is 44.1 Å². The van der Waals surface area contributed by atoms with Crippen molar-refractivity contribution in [3.8, 4) is 0 Å². The molecule has 1 heterocycles. The summed E-state index contributed by atoms with van der Waals surface area (Å²) >= 11 is 0. The molecule has 4 aromatic rings. The van der Waals surface area contributed by atoms with Gasteiger partial charge in [0.25, 0.3) is 0 Å². The Balaban J connectivity index is 1.68. The predicted octanol–water partition coefficient (Wildman–Crippen LogP) is 3.15. The zero-order valence-corrected chi connectivity index (χ0v) is 15.6. The normalized spacial score (nSPS) is 11.3. The van der Waals surface area contributed by atoms with Crippen LogP contribution in [0.3, 0.4) is 0 Å². The van der Waals surface area contributed by atoms with E-state index in [0.29, 0.717) is 11.9 Å². The average molecular weight is 374 g/mol. The smallest absolute Gasteiger partial charge is 0.174 e. The molecule has 134 valence electrons. The van der Waals surface area contributed by atoms with E-state index in [1.54, 1.807) is 12.4 Å². The van der Waals surface area contributed by atoms with Gasteiger partial charge in [0.15, 0.2) is 7.14 Å². The van der Waals surface area contributed by atoms with Crippen LogP contribution in [0, 0.1) is 0 Å². The Morgan fingerprint density at radius 3 is 1.81 bits per heavy atom. The van der Waals surface area contributed by atoms with Crippen molar-refractivity contribution in [2.45, 2.75) is 6.61 Å². The lowest BCUT2D eigenvalue weighted by Gasteiger charge is -2.17. The second-order valence-corrected chi connectivity index (χ2v) is 8.91. The third-order valence-corrected chi connectivity index (χ3v) is 7.36. The van der Waals surface area contributed by atoms with Crippen molar-refractivity contribution >= 4 is 23.1 Å². The largest absolute Gasteiger partial charge is 0.392 e. The summed E-state index contributed by atoms with van der Waals surface area (Å²) in [5, 5.41) is 6.47. The summed E-state index contributed by atoms with van der Waals surface area (Å²) in [5.74, 6) is 0. The van der Waals surface area contributed by atoms with Crippen LogP contribution in [0.2, 0.25) is 0 Å². The molecule has 5 heteroatoms. The molecule has 1 aromatic heterocycles.